The quantitative estimate of drug-likeness (QED) is 0.739. The Bertz CT molecular complexity index is 789. The van der Waals surface area contributed by atoms with Crippen LogP contribution in [0.15, 0.2) is 54.7 Å². The van der Waals surface area contributed by atoms with Crippen molar-refractivity contribution in [3.63, 3.8) is 0 Å². The fourth-order valence-corrected chi connectivity index (χ4v) is 2.68. The summed E-state index contributed by atoms with van der Waals surface area (Å²) < 4.78 is 0. The van der Waals surface area contributed by atoms with Gasteiger partial charge in [0, 0.05) is 30.1 Å². The summed E-state index contributed by atoms with van der Waals surface area (Å²) >= 11 is 0. The molecule has 0 fully saturated rings. The van der Waals surface area contributed by atoms with E-state index in [4.69, 9.17) is 0 Å². The summed E-state index contributed by atoms with van der Waals surface area (Å²) in [6, 6.07) is 16.3. The molecule has 3 rings (SSSR count). The maximum absolute atomic E-state index is 12.0. The highest BCUT2D eigenvalue weighted by Gasteiger charge is 2.07. The number of carbonyl (C=O) groups excluding carboxylic acids is 1. The SMILES string of the molecule is Cc1ccccc1CNC(=O)CCc1c[nH]c2ccccc12. The highest BCUT2D eigenvalue weighted by atomic mass is 16.1. The predicted molar refractivity (Wildman–Crippen MR) is 89.6 cm³/mol. The Balaban J connectivity index is 1.55. The summed E-state index contributed by atoms with van der Waals surface area (Å²) in [5.41, 5.74) is 4.70. The van der Waals surface area contributed by atoms with Crippen molar-refractivity contribution in [1.82, 2.24) is 10.3 Å². The number of carbonyl (C=O) groups is 1. The van der Waals surface area contributed by atoms with Gasteiger partial charge in [-0.2, -0.15) is 0 Å². The number of benzene rings is 2. The Morgan fingerprint density at radius 1 is 1.05 bits per heavy atom. The van der Waals surface area contributed by atoms with Crippen molar-refractivity contribution in [1.29, 1.82) is 0 Å². The summed E-state index contributed by atoms with van der Waals surface area (Å²) in [4.78, 5) is 15.3. The van der Waals surface area contributed by atoms with Gasteiger partial charge < -0.3 is 10.3 Å². The standard InChI is InChI=1S/C19H20N2O/c1-14-6-2-3-7-15(14)12-21-19(22)11-10-16-13-20-18-9-5-4-8-17(16)18/h2-9,13,20H,10-12H2,1H3,(H,21,22). The fourth-order valence-electron chi connectivity index (χ4n) is 2.68. The van der Waals surface area contributed by atoms with Crippen LogP contribution >= 0.6 is 0 Å². The van der Waals surface area contributed by atoms with E-state index >= 15 is 0 Å². The van der Waals surface area contributed by atoms with E-state index in [9.17, 15) is 4.79 Å². The highest BCUT2D eigenvalue weighted by molar-refractivity contribution is 5.84. The zero-order valence-corrected chi connectivity index (χ0v) is 12.7. The lowest BCUT2D eigenvalue weighted by molar-refractivity contribution is -0.121. The van der Waals surface area contributed by atoms with Crippen molar-refractivity contribution in [3.05, 3.63) is 71.4 Å². The van der Waals surface area contributed by atoms with Crippen LogP contribution in [0, 0.1) is 6.92 Å². The van der Waals surface area contributed by atoms with Crippen LogP contribution in [0.3, 0.4) is 0 Å². The molecule has 0 atom stereocenters. The molecule has 0 aliphatic carbocycles. The number of hydrogen-bond donors (Lipinski definition) is 2. The Hall–Kier alpha value is -2.55. The summed E-state index contributed by atoms with van der Waals surface area (Å²) in [6.45, 7) is 2.66. The molecule has 22 heavy (non-hydrogen) atoms. The molecule has 0 unspecified atom stereocenters. The van der Waals surface area contributed by atoms with E-state index in [0.717, 1.165) is 11.9 Å². The normalized spacial score (nSPS) is 10.8. The van der Waals surface area contributed by atoms with Crippen LogP contribution in [-0.2, 0) is 17.8 Å². The lowest BCUT2D eigenvalue weighted by Gasteiger charge is -2.07. The zero-order valence-electron chi connectivity index (χ0n) is 12.7. The molecule has 0 aliphatic heterocycles. The number of amides is 1. The van der Waals surface area contributed by atoms with Gasteiger partial charge in [-0.25, -0.2) is 0 Å². The molecule has 1 amide bonds. The molecule has 3 heteroatoms. The van der Waals surface area contributed by atoms with Crippen molar-refractivity contribution >= 4 is 16.8 Å². The molecule has 2 aromatic carbocycles. The van der Waals surface area contributed by atoms with Gasteiger partial charge in [0.05, 0.1) is 0 Å². The second-order valence-electron chi connectivity index (χ2n) is 5.56. The summed E-state index contributed by atoms with van der Waals surface area (Å²) in [6.07, 6.45) is 3.26. The molecule has 112 valence electrons. The largest absolute Gasteiger partial charge is 0.361 e. The third-order valence-corrected chi connectivity index (χ3v) is 4.03. The average molecular weight is 292 g/mol. The zero-order chi connectivity index (χ0) is 15.4. The first-order chi connectivity index (χ1) is 10.7. The predicted octanol–water partition coefficient (Wildman–Crippen LogP) is 3.73. The molecule has 1 aromatic heterocycles. The summed E-state index contributed by atoms with van der Waals surface area (Å²) in [5.74, 6) is 0.0912. The van der Waals surface area contributed by atoms with E-state index in [0.29, 0.717) is 13.0 Å². The number of H-pyrrole nitrogens is 1. The van der Waals surface area contributed by atoms with E-state index in [-0.39, 0.29) is 5.91 Å². The van der Waals surface area contributed by atoms with Crippen molar-refractivity contribution in [3.8, 4) is 0 Å². The van der Waals surface area contributed by atoms with E-state index < -0.39 is 0 Å². The Morgan fingerprint density at radius 2 is 1.82 bits per heavy atom. The van der Waals surface area contributed by atoms with Gasteiger partial charge in [-0.15, -0.1) is 0 Å². The smallest absolute Gasteiger partial charge is 0.220 e. The van der Waals surface area contributed by atoms with Gasteiger partial charge in [0.2, 0.25) is 5.91 Å². The molecule has 0 saturated heterocycles. The number of aromatic nitrogens is 1. The number of aryl methyl sites for hydroxylation is 2. The molecular weight excluding hydrogens is 272 g/mol. The van der Waals surface area contributed by atoms with Crippen LogP contribution in [0.25, 0.3) is 10.9 Å². The van der Waals surface area contributed by atoms with Crippen LogP contribution in [0.5, 0.6) is 0 Å². The molecule has 2 N–H and O–H groups in total. The fraction of sp³-hybridized carbons (Fsp3) is 0.211. The van der Waals surface area contributed by atoms with Gasteiger partial charge in [-0.3, -0.25) is 4.79 Å². The Kier molecular flexibility index (Phi) is 4.24. The van der Waals surface area contributed by atoms with Gasteiger partial charge >= 0.3 is 0 Å². The van der Waals surface area contributed by atoms with Gasteiger partial charge in [0.1, 0.15) is 0 Å². The van der Waals surface area contributed by atoms with Gasteiger partial charge in [-0.1, -0.05) is 42.5 Å². The van der Waals surface area contributed by atoms with Crippen LogP contribution < -0.4 is 5.32 Å². The summed E-state index contributed by atoms with van der Waals surface area (Å²) in [7, 11) is 0. The van der Waals surface area contributed by atoms with E-state index in [1.165, 1.54) is 22.1 Å². The van der Waals surface area contributed by atoms with E-state index in [1.807, 2.05) is 30.5 Å². The van der Waals surface area contributed by atoms with Crippen molar-refractivity contribution in [2.75, 3.05) is 0 Å². The van der Waals surface area contributed by atoms with Crippen molar-refractivity contribution in [2.45, 2.75) is 26.3 Å². The minimum atomic E-state index is 0.0912. The molecule has 0 radical (unpaired) electrons. The Morgan fingerprint density at radius 3 is 2.68 bits per heavy atom. The Labute approximate surface area is 130 Å². The number of aromatic amines is 1. The topological polar surface area (TPSA) is 44.9 Å². The molecule has 0 bridgehead atoms. The van der Waals surface area contributed by atoms with Crippen LogP contribution in [0.1, 0.15) is 23.1 Å². The number of para-hydroxylation sites is 1. The number of rotatable bonds is 5. The molecule has 0 spiro atoms. The van der Waals surface area contributed by atoms with Gasteiger partial charge in [0.25, 0.3) is 0 Å². The highest BCUT2D eigenvalue weighted by Crippen LogP contribution is 2.18. The molecule has 3 nitrogen and oxygen atoms in total. The summed E-state index contributed by atoms with van der Waals surface area (Å²) in [5, 5.41) is 4.20. The second kappa shape index (κ2) is 6.48. The van der Waals surface area contributed by atoms with Gasteiger partial charge in [-0.05, 0) is 36.1 Å². The lowest BCUT2D eigenvalue weighted by Crippen LogP contribution is -2.23. The number of nitrogens with one attached hydrogen (secondary N) is 2. The monoisotopic (exact) mass is 292 g/mol. The first-order valence-corrected chi connectivity index (χ1v) is 7.60. The molecule has 1 heterocycles. The number of hydrogen-bond acceptors (Lipinski definition) is 1. The molecule has 3 aromatic rings. The first kappa shape index (κ1) is 14.4. The van der Waals surface area contributed by atoms with E-state index in [1.54, 1.807) is 0 Å². The molecule has 0 aliphatic rings. The van der Waals surface area contributed by atoms with Gasteiger partial charge in [0.15, 0.2) is 0 Å². The third kappa shape index (κ3) is 3.19. The van der Waals surface area contributed by atoms with E-state index in [2.05, 4.69) is 41.5 Å². The van der Waals surface area contributed by atoms with Crippen molar-refractivity contribution in [2.24, 2.45) is 0 Å². The van der Waals surface area contributed by atoms with Crippen LogP contribution in [-0.4, -0.2) is 10.9 Å². The molecular formula is C19H20N2O. The van der Waals surface area contributed by atoms with Crippen LogP contribution in [0.4, 0.5) is 0 Å². The third-order valence-electron chi connectivity index (χ3n) is 4.03. The molecule has 0 saturated carbocycles. The minimum absolute atomic E-state index is 0.0912. The lowest BCUT2D eigenvalue weighted by atomic mass is 10.1. The maximum atomic E-state index is 12.0. The maximum Gasteiger partial charge on any atom is 0.220 e. The second-order valence-corrected chi connectivity index (χ2v) is 5.56. The average Bonchev–Trinajstić information content (AvgIpc) is 2.95. The first-order valence-electron chi connectivity index (χ1n) is 7.60. The number of fused-ring (bicyclic) bond motifs is 1. The van der Waals surface area contributed by atoms with Crippen molar-refractivity contribution < 1.29 is 4.79 Å². The van der Waals surface area contributed by atoms with Crippen LogP contribution in [0.2, 0.25) is 0 Å². The minimum Gasteiger partial charge on any atom is -0.361 e.